The summed E-state index contributed by atoms with van der Waals surface area (Å²) in [7, 11) is -1.55. The van der Waals surface area contributed by atoms with Gasteiger partial charge in [0.05, 0.1) is 12.1 Å². The maximum atomic E-state index is 11.9. The van der Waals surface area contributed by atoms with E-state index in [0.29, 0.717) is 6.42 Å². The van der Waals surface area contributed by atoms with E-state index < -0.39 is 8.32 Å². The average Bonchev–Trinajstić information content (AvgIpc) is 2.60. The Bertz CT molecular complexity index is 292. The number of carbonyl (C=O) groups is 1. The number of rotatable bonds is 2. The predicted octanol–water partition coefficient (Wildman–Crippen LogP) is 2.21. The molecule has 0 aromatic carbocycles. The lowest BCUT2D eigenvalue weighted by molar-refractivity contribution is -0.137. The molecule has 0 aliphatic carbocycles. The minimum atomic E-state index is -1.55. The van der Waals surface area contributed by atoms with Gasteiger partial charge in [-0.3, -0.25) is 4.79 Å². The Morgan fingerprint density at radius 3 is 2.75 bits per heavy atom. The summed E-state index contributed by atoms with van der Waals surface area (Å²) >= 11 is 6.10. The highest BCUT2D eigenvalue weighted by molar-refractivity contribution is 6.69. The van der Waals surface area contributed by atoms with Gasteiger partial charge in [0.2, 0.25) is 5.91 Å². The Kier molecular flexibility index (Phi) is 3.34. The fraction of sp³-hybridized carbons (Fsp3) is 0.909. The summed E-state index contributed by atoms with van der Waals surface area (Å²) in [6.07, 6.45) is 3.01. The smallest absolute Gasteiger partial charge is 0.241 e. The van der Waals surface area contributed by atoms with E-state index >= 15 is 0 Å². The van der Waals surface area contributed by atoms with Crippen LogP contribution in [0.1, 0.15) is 19.3 Å². The van der Waals surface area contributed by atoms with E-state index in [1.165, 1.54) is 0 Å². The molecular formula is C11H20ClNO2Si. The molecule has 0 N–H and O–H groups in total. The number of alkyl halides is 1. The molecule has 16 heavy (non-hydrogen) atoms. The molecule has 2 rings (SSSR count). The molecule has 0 unspecified atom stereocenters. The van der Waals surface area contributed by atoms with Crippen molar-refractivity contribution >= 4 is 25.8 Å². The first kappa shape index (κ1) is 12.4. The van der Waals surface area contributed by atoms with Crippen molar-refractivity contribution in [3.63, 3.8) is 0 Å². The molecule has 3 nitrogen and oxygen atoms in total. The molecule has 2 heterocycles. The maximum Gasteiger partial charge on any atom is 0.241 e. The van der Waals surface area contributed by atoms with E-state index in [2.05, 4.69) is 19.6 Å². The second kappa shape index (κ2) is 4.31. The fourth-order valence-electron chi connectivity index (χ4n) is 2.68. The van der Waals surface area contributed by atoms with Crippen LogP contribution in [0.5, 0.6) is 0 Å². The zero-order chi connectivity index (χ0) is 11.9. The molecule has 3 atom stereocenters. The van der Waals surface area contributed by atoms with Gasteiger partial charge in [-0.2, -0.15) is 0 Å². The van der Waals surface area contributed by atoms with Gasteiger partial charge in [-0.1, -0.05) is 0 Å². The highest BCUT2D eigenvalue weighted by Crippen LogP contribution is 2.33. The van der Waals surface area contributed by atoms with Crippen molar-refractivity contribution in [3.8, 4) is 0 Å². The third-order valence-corrected chi connectivity index (χ3v) is 4.60. The quantitative estimate of drug-likeness (QED) is 0.564. The first-order valence-electron chi connectivity index (χ1n) is 6.01. The first-order chi connectivity index (χ1) is 7.38. The van der Waals surface area contributed by atoms with E-state index in [0.717, 1.165) is 19.4 Å². The summed E-state index contributed by atoms with van der Waals surface area (Å²) in [4.78, 5) is 13.8. The lowest BCUT2D eigenvalue weighted by Gasteiger charge is -2.41. The minimum Gasteiger partial charge on any atom is -0.413 e. The second-order valence-corrected chi connectivity index (χ2v) is 10.7. The second-order valence-electron chi connectivity index (χ2n) is 5.71. The van der Waals surface area contributed by atoms with Gasteiger partial charge in [-0.15, -0.1) is 11.6 Å². The molecule has 2 aliphatic rings. The van der Waals surface area contributed by atoms with Crippen molar-refractivity contribution in [1.29, 1.82) is 0 Å². The third kappa shape index (κ3) is 2.44. The number of hydrogen-bond acceptors (Lipinski definition) is 2. The predicted molar refractivity (Wildman–Crippen MR) is 67.2 cm³/mol. The van der Waals surface area contributed by atoms with E-state index in [4.69, 9.17) is 16.0 Å². The SMILES string of the molecule is C[Si](C)(C)O[C@@H]1C[C@H](Cl)C(=O)N2CCC[C@@H]12. The summed E-state index contributed by atoms with van der Waals surface area (Å²) in [6, 6.07) is 0.286. The Morgan fingerprint density at radius 1 is 1.44 bits per heavy atom. The van der Waals surface area contributed by atoms with E-state index in [-0.39, 0.29) is 23.4 Å². The molecule has 0 saturated carbocycles. The number of fused-ring (bicyclic) bond motifs is 1. The number of nitrogens with zero attached hydrogens (tertiary/aromatic N) is 1. The number of carbonyl (C=O) groups excluding carboxylic acids is 1. The molecule has 2 saturated heterocycles. The molecule has 0 bridgehead atoms. The average molecular weight is 262 g/mol. The minimum absolute atomic E-state index is 0.111. The van der Waals surface area contributed by atoms with Gasteiger partial charge in [0.1, 0.15) is 5.38 Å². The van der Waals surface area contributed by atoms with Gasteiger partial charge in [-0.05, 0) is 38.9 Å². The van der Waals surface area contributed by atoms with Crippen LogP contribution in [0.4, 0.5) is 0 Å². The van der Waals surface area contributed by atoms with Gasteiger partial charge < -0.3 is 9.33 Å². The summed E-state index contributed by atoms with van der Waals surface area (Å²) in [5, 5.41) is -0.379. The highest BCUT2D eigenvalue weighted by atomic mass is 35.5. The Morgan fingerprint density at radius 2 is 2.12 bits per heavy atom. The van der Waals surface area contributed by atoms with Crippen molar-refractivity contribution in [2.75, 3.05) is 6.54 Å². The van der Waals surface area contributed by atoms with Crippen molar-refractivity contribution in [2.24, 2.45) is 0 Å². The molecule has 1 amide bonds. The third-order valence-electron chi connectivity index (χ3n) is 3.22. The van der Waals surface area contributed by atoms with Gasteiger partial charge >= 0.3 is 0 Å². The van der Waals surface area contributed by atoms with Gasteiger partial charge in [0.25, 0.3) is 0 Å². The van der Waals surface area contributed by atoms with Crippen LogP contribution in [0.25, 0.3) is 0 Å². The summed E-state index contributed by atoms with van der Waals surface area (Å²) in [5.41, 5.74) is 0. The standard InChI is InChI=1S/C11H20ClNO2Si/c1-16(2,3)15-10-7-8(12)11(14)13-6-4-5-9(10)13/h8-10H,4-7H2,1-3H3/t8-,9-,10+/m0/s1. The van der Waals surface area contributed by atoms with Crippen LogP contribution in [-0.2, 0) is 9.22 Å². The molecule has 0 aromatic rings. The van der Waals surface area contributed by atoms with Crippen LogP contribution >= 0.6 is 11.6 Å². The Balaban J connectivity index is 2.11. The fourth-order valence-corrected chi connectivity index (χ4v) is 4.14. The van der Waals surface area contributed by atoms with Crippen molar-refractivity contribution in [2.45, 2.75) is 56.4 Å². The summed E-state index contributed by atoms with van der Waals surface area (Å²) in [5.74, 6) is 0.111. The van der Waals surface area contributed by atoms with Crippen molar-refractivity contribution in [3.05, 3.63) is 0 Å². The molecule has 0 spiro atoms. The first-order valence-corrected chi connectivity index (χ1v) is 9.85. The van der Waals surface area contributed by atoms with Gasteiger partial charge in [-0.25, -0.2) is 0 Å². The molecular weight excluding hydrogens is 242 g/mol. The number of hydrogen-bond donors (Lipinski definition) is 0. The lowest BCUT2D eigenvalue weighted by atomic mass is 9.98. The van der Waals surface area contributed by atoms with Gasteiger partial charge in [0.15, 0.2) is 8.32 Å². The largest absolute Gasteiger partial charge is 0.413 e. The zero-order valence-corrected chi connectivity index (χ0v) is 12.0. The summed E-state index contributed by atoms with van der Waals surface area (Å²) in [6.45, 7) is 7.42. The number of piperidine rings is 1. The number of halogens is 1. The summed E-state index contributed by atoms with van der Waals surface area (Å²) < 4.78 is 6.17. The number of amides is 1. The van der Waals surface area contributed by atoms with Gasteiger partial charge in [0, 0.05) is 6.54 Å². The Hall–Kier alpha value is -0.0631. The van der Waals surface area contributed by atoms with Crippen LogP contribution in [0, 0.1) is 0 Å². The zero-order valence-electron chi connectivity index (χ0n) is 10.2. The van der Waals surface area contributed by atoms with Crippen LogP contribution in [0.3, 0.4) is 0 Å². The van der Waals surface area contributed by atoms with E-state index in [1.54, 1.807) is 0 Å². The van der Waals surface area contributed by atoms with Crippen molar-refractivity contribution in [1.82, 2.24) is 4.90 Å². The molecule has 0 aromatic heterocycles. The maximum absolute atomic E-state index is 11.9. The topological polar surface area (TPSA) is 29.5 Å². The van der Waals surface area contributed by atoms with E-state index in [9.17, 15) is 4.79 Å². The van der Waals surface area contributed by atoms with Crippen LogP contribution < -0.4 is 0 Å². The lowest BCUT2D eigenvalue weighted by Crippen LogP contribution is -2.55. The monoisotopic (exact) mass is 261 g/mol. The Labute approximate surface area is 103 Å². The molecule has 2 aliphatic heterocycles. The molecule has 92 valence electrons. The van der Waals surface area contributed by atoms with Crippen molar-refractivity contribution < 1.29 is 9.22 Å². The van der Waals surface area contributed by atoms with E-state index in [1.807, 2.05) is 4.90 Å². The normalized spacial score (nSPS) is 35.4. The molecule has 0 radical (unpaired) electrons. The van der Waals surface area contributed by atoms with Crippen LogP contribution in [0.2, 0.25) is 19.6 Å². The van der Waals surface area contributed by atoms with Crippen LogP contribution in [-0.4, -0.2) is 43.2 Å². The molecule has 5 heteroatoms. The molecule has 2 fully saturated rings. The van der Waals surface area contributed by atoms with Crippen LogP contribution in [0.15, 0.2) is 0 Å². The highest BCUT2D eigenvalue weighted by Gasteiger charge is 2.44.